The van der Waals surface area contributed by atoms with E-state index in [9.17, 15) is 4.79 Å². The molecule has 2 fully saturated rings. The average molecular weight is 817 g/mol. The lowest BCUT2D eigenvalue weighted by molar-refractivity contribution is 0.254. The van der Waals surface area contributed by atoms with Gasteiger partial charge >= 0.3 is 6.03 Å². The number of carbonyl (C=O) groups excluding carboxylic acids is 1. The van der Waals surface area contributed by atoms with Crippen LogP contribution in [0.3, 0.4) is 0 Å². The fourth-order valence-corrected chi connectivity index (χ4v) is 7.31. The number of nitrogens with two attached hydrogens (primary N) is 1. The summed E-state index contributed by atoms with van der Waals surface area (Å²) in [5.74, 6) is 2.61. The first kappa shape index (κ1) is 41.6. The summed E-state index contributed by atoms with van der Waals surface area (Å²) in [5, 5.41) is 6.42. The van der Waals surface area contributed by atoms with E-state index in [2.05, 4.69) is 68.5 Å². The third-order valence-corrected chi connectivity index (χ3v) is 10.1. The lowest BCUT2D eigenvalue weighted by Crippen LogP contribution is -2.48. The Balaban J connectivity index is 0.000000168. The second-order valence-corrected chi connectivity index (χ2v) is 14.4. The van der Waals surface area contributed by atoms with E-state index in [1.165, 1.54) is 18.3 Å². The molecule has 17 heteroatoms. The highest BCUT2D eigenvalue weighted by atomic mass is 32.1. The number of anilines is 6. The van der Waals surface area contributed by atoms with Crippen LogP contribution >= 0.6 is 27.0 Å². The Bertz CT molecular complexity index is 2350. The van der Waals surface area contributed by atoms with Crippen LogP contribution in [0.15, 0.2) is 85.7 Å². The molecular formula is C41H48N14OS2. The zero-order valence-corrected chi connectivity index (χ0v) is 34.9. The number of pyridine rings is 4. The van der Waals surface area contributed by atoms with E-state index >= 15 is 0 Å². The van der Waals surface area contributed by atoms with Gasteiger partial charge in [-0.2, -0.15) is 27.0 Å². The molecule has 6 aromatic rings. The minimum atomic E-state index is -0.232. The molecular weight excluding hydrogens is 769 g/mol. The molecule has 15 nitrogen and oxygen atoms in total. The molecule has 0 saturated carbocycles. The molecule has 0 aliphatic carbocycles. The van der Waals surface area contributed by atoms with Gasteiger partial charge in [0.1, 0.15) is 5.82 Å². The molecule has 4 N–H and O–H groups in total. The SMILES string of the molecule is Cc1ccc(-c2ccc3c(n2)N(C(=O)Nc2cncc(C)n2)[C@H]2CCN3C2)cn1.Cc1ccc(-c2ccc3c(n2)N[C@H]2CCN3C2)cn1.Cc1cncc(N)n1.S.S. The molecule has 6 aromatic heterocycles. The van der Waals surface area contributed by atoms with E-state index in [1.807, 2.05) is 70.4 Å². The van der Waals surface area contributed by atoms with Crippen LogP contribution in [0.25, 0.3) is 22.5 Å². The molecule has 10 heterocycles. The van der Waals surface area contributed by atoms with Crippen LogP contribution in [0.1, 0.15) is 35.6 Å². The number of aromatic nitrogens is 8. The zero-order chi connectivity index (χ0) is 38.8. The number of nitrogen functional groups attached to an aromatic ring is 1. The highest BCUT2D eigenvalue weighted by Gasteiger charge is 2.40. The summed E-state index contributed by atoms with van der Waals surface area (Å²) in [5.41, 5.74) is 14.9. The summed E-state index contributed by atoms with van der Waals surface area (Å²) in [6.45, 7) is 11.6. The van der Waals surface area contributed by atoms with Crippen molar-refractivity contribution >= 4 is 67.7 Å². The normalized spacial score (nSPS) is 16.4. The number of hydrogen-bond acceptors (Lipinski definition) is 13. The minimum absolute atomic E-state index is 0. The maximum Gasteiger partial charge on any atom is 0.329 e. The van der Waals surface area contributed by atoms with Gasteiger partial charge in [-0.3, -0.25) is 30.2 Å². The zero-order valence-electron chi connectivity index (χ0n) is 32.9. The Morgan fingerprint density at radius 3 is 1.91 bits per heavy atom. The van der Waals surface area contributed by atoms with Crippen LogP contribution in [-0.2, 0) is 0 Å². The number of nitrogens with zero attached hydrogens (tertiary/aromatic N) is 11. The highest BCUT2D eigenvalue weighted by molar-refractivity contribution is 7.59. The van der Waals surface area contributed by atoms with Crippen molar-refractivity contribution < 1.29 is 4.79 Å². The quantitative estimate of drug-likeness (QED) is 0.183. The largest absolute Gasteiger partial charge is 0.382 e. The maximum atomic E-state index is 13.2. The van der Waals surface area contributed by atoms with Crippen LogP contribution in [0.2, 0.25) is 0 Å². The first-order valence-electron chi connectivity index (χ1n) is 18.7. The fraction of sp³-hybridized carbons (Fsp3) is 0.293. The van der Waals surface area contributed by atoms with Gasteiger partial charge in [-0.15, -0.1) is 0 Å². The van der Waals surface area contributed by atoms with Crippen molar-refractivity contribution in [2.45, 2.75) is 52.6 Å². The van der Waals surface area contributed by atoms with Crippen molar-refractivity contribution in [1.29, 1.82) is 0 Å². The van der Waals surface area contributed by atoms with Crippen LogP contribution in [-0.4, -0.2) is 84.2 Å². The minimum Gasteiger partial charge on any atom is -0.382 e. The van der Waals surface area contributed by atoms with Crippen LogP contribution in [0.5, 0.6) is 0 Å². The molecule has 0 aromatic carbocycles. The molecule has 4 bridgehead atoms. The number of fused-ring (bicyclic) bond motifs is 8. The van der Waals surface area contributed by atoms with Gasteiger partial charge in [-0.05, 0) is 89.1 Å². The molecule has 4 aliphatic rings. The molecule has 0 radical (unpaired) electrons. The van der Waals surface area contributed by atoms with Gasteiger partial charge < -0.3 is 20.9 Å². The van der Waals surface area contributed by atoms with Gasteiger partial charge in [-0.25, -0.2) is 24.7 Å². The van der Waals surface area contributed by atoms with Crippen molar-refractivity contribution in [3.8, 4) is 22.5 Å². The summed E-state index contributed by atoms with van der Waals surface area (Å²) in [6, 6.07) is 16.8. The van der Waals surface area contributed by atoms with Gasteiger partial charge in [0.25, 0.3) is 0 Å². The van der Waals surface area contributed by atoms with E-state index in [0.29, 0.717) is 23.5 Å². The predicted octanol–water partition coefficient (Wildman–Crippen LogP) is 6.23. The number of aryl methyl sites for hydroxylation is 4. The average Bonchev–Trinajstić information content (AvgIpc) is 3.79. The van der Waals surface area contributed by atoms with Gasteiger partial charge in [0.05, 0.1) is 52.6 Å². The van der Waals surface area contributed by atoms with Crippen molar-refractivity contribution in [3.63, 3.8) is 0 Å². The van der Waals surface area contributed by atoms with E-state index < -0.39 is 0 Å². The van der Waals surface area contributed by atoms with E-state index in [0.717, 1.165) is 89.4 Å². The highest BCUT2D eigenvalue weighted by Crippen LogP contribution is 2.40. The Hall–Kier alpha value is -6.07. The Kier molecular flexibility index (Phi) is 12.9. The molecule has 300 valence electrons. The molecule has 0 spiro atoms. The third kappa shape index (κ3) is 9.21. The number of carbonyl (C=O) groups is 1. The molecule has 4 aliphatic heterocycles. The van der Waals surface area contributed by atoms with E-state index in [-0.39, 0.29) is 39.1 Å². The topological polar surface area (TPSA) is 180 Å². The van der Waals surface area contributed by atoms with Crippen LogP contribution in [0, 0.1) is 27.7 Å². The number of nitrogens with one attached hydrogen (secondary N) is 2. The summed E-state index contributed by atoms with van der Waals surface area (Å²) in [7, 11) is 0. The fourth-order valence-electron chi connectivity index (χ4n) is 7.31. The Labute approximate surface area is 351 Å². The summed E-state index contributed by atoms with van der Waals surface area (Å²) < 4.78 is 0. The number of rotatable bonds is 3. The maximum absolute atomic E-state index is 13.2. The Morgan fingerprint density at radius 1 is 0.672 bits per heavy atom. The number of hydrogen-bond donors (Lipinski definition) is 3. The molecule has 58 heavy (non-hydrogen) atoms. The van der Waals surface area contributed by atoms with E-state index in [1.54, 1.807) is 23.5 Å². The summed E-state index contributed by atoms with van der Waals surface area (Å²) in [6.07, 6.45) is 12.2. The second kappa shape index (κ2) is 18.0. The monoisotopic (exact) mass is 816 g/mol. The van der Waals surface area contributed by atoms with Crippen molar-refractivity contribution in [1.82, 2.24) is 39.9 Å². The lowest BCUT2D eigenvalue weighted by atomic mass is 10.1. The molecule has 2 saturated heterocycles. The standard InChI is InChI=1S/C21H21N7O.C15H16N4.C5H7N3.2H2S/c1-13-3-4-15(10-23-13)17-5-6-18-20(25-17)28(16-7-8-27(18)12-16)21(29)26-19-11-22-9-14(2)24-19;1-10-2-3-11(8-16-10)13-4-5-14-15(18-13)17-12-6-7-19(14)9-12;1-4-2-7-3-5(6)8-4;;/h3-6,9-11,16H,7-8,12H2,1-2H3,(H,24,26,29);2-5,8,12H,6-7,9H2,1H3,(H,17,18);2-3H,1H3,(H2,6,8);2*1H2/t16-;12-;;;/m00.../s1. The first-order valence-corrected chi connectivity index (χ1v) is 18.7. The van der Waals surface area contributed by atoms with Gasteiger partial charge in [0.2, 0.25) is 0 Å². The van der Waals surface area contributed by atoms with Crippen molar-refractivity contribution in [2.75, 3.05) is 57.2 Å². The summed E-state index contributed by atoms with van der Waals surface area (Å²) in [4.78, 5) is 54.1. The molecule has 2 amide bonds. The second-order valence-electron chi connectivity index (χ2n) is 14.4. The van der Waals surface area contributed by atoms with E-state index in [4.69, 9.17) is 15.7 Å². The first-order chi connectivity index (χ1) is 27.2. The van der Waals surface area contributed by atoms with Crippen LogP contribution < -0.4 is 31.1 Å². The van der Waals surface area contributed by atoms with Gasteiger partial charge in [0.15, 0.2) is 17.5 Å². The van der Waals surface area contributed by atoms with Gasteiger partial charge in [0, 0.05) is 79.5 Å². The van der Waals surface area contributed by atoms with Gasteiger partial charge in [-0.1, -0.05) is 0 Å². The number of amides is 2. The predicted molar refractivity (Wildman–Crippen MR) is 239 cm³/mol. The smallest absolute Gasteiger partial charge is 0.329 e. The molecule has 2 atom stereocenters. The molecule has 10 rings (SSSR count). The number of urea groups is 1. The lowest BCUT2D eigenvalue weighted by Gasteiger charge is -2.35. The Morgan fingerprint density at radius 2 is 1.29 bits per heavy atom. The summed E-state index contributed by atoms with van der Waals surface area (Å²) >= 11 is 0. The molecule has 0 unspecified atom stereocenters. The third-order valence-electron chi connectivity index (χ3n) is 10.1. The van der Waals surface area contributed by atoms with Crippen molar-refractivity contribution in [3.05, 3.63) is 108 Å². The van der Waals surface area contributed by atoms with Crippen molar-refractivity contribution in [2.24, 2.45) is 0 Å². The van der Waals surface area contributed by atoms with Crippen LogP contribution in [0.4, 0.5) is 39.4 Å².